The molecule has 1 unspecified atom stereocenters. The average Bonchev–Trinajstić information content (AvgIpc) is 3.70. The molecule has 0 saturated heterocycles. The van der Waals surface area contributed by atoms with E-state index >= 15 is 0 Å². The molecular weight excluding hydrogens is 585 g/mol. The zero-order valence-corrected chi connectivity index (χ0v) is 26.4. The van der Waals surface area contributed by atoms with Crippen LogP contribution in [-0.2, 0) is 12.8 Å². The van der Waals surface area contributed by atoms with Crippen LogP contribution >= 0.6 is 0 Å². The lowest BCUT2D eigenvalue weighted by Crippen LogP contribution is -2.17. The van der Waals surface area contributed by atoms with Crippen molar-refractivity contribution in [3.8, 4) is 5.69 Å². The van der Waals surface area contributed by atoms with Gasteiger partial charge in [0.15, 0.2) is 0 Å². The van der Waals surface area contributed by atoms with E-state index in [9.17, 15) is 0 Å². The van der Waals surface area contributed by atoms with Crippen molar-refractivity contribution in [1.82, 2.24) is 4.57 Å². The van der Waals surface area contributed by atoms with Gasteiger partial charge in [0.1, 0.15) is 11.2 Å². The minimum atomic E-state index is 0.0687. The molecule has 3 heteroatoms. The maximum Gasteiger partial charge on any atom is 0.137 e. The van der Waals surface area contributed by atoms with Crippen LogP contribution in [0.3, 0.4) is 0 Å². The summed E-state index contributed by atoms with van der Waals surface area (Å²) in [5, 5.41) is 3.52. The minimum Gasteiger partial charge on any atom is -0.456 e. The fourth-order valence-corrected chi connectivity index (χ4v) is 8.10. The Hall–Kier alpha value is -5.93. The lowest BCUT2D eigenvalue weighted by molar-refractivity contribution is 0.668. The van der Waals surface area contributed by atoms with E-state index in [0.29, 0.717) is 0 Å². The van der Waals surface area contributed by atoms with Gasteiger partial charge in [-0.1, -0.05) is 121 Å². The molecule has 0 fully saturated rings. The Bertz CT molecular complexity index is 2580. The number of hydrogen-bond donors (Lipinski definition) is 0. The second kappa shape index (κ2) is 10.8. The minimum absolute atomic E-state index is 0.0687. The third kappa shape index (κ3) is 4.17. The number of allylic oxidation sites excluding steroid dienone is 1. The summed E-state index contributed by atoms with van der Waals surface area (Å²) in [6.45, 7) is 0. The second-order valence-electron chi connectivity index (χ2n) is 12.9. The lowest BCUT2D eigenvalue weighted by atomic mass is 9.87. The molecule has 8 aromatic rings. The molecule has 0 bridgehead atoms. The van der Waals surface area contributed by atoms with Crippen molar-refractivity contribution in [2.24, 2.45) is 4.99 Å². The van der Waals surface area contributed by atoms with Crippen molar-refractivity contribution in [3.63, 3.8) is 0 Å². The molecule has 2 aromatic heterocycles. The SMILES string of the molecule is C1=C(c2ccccc2)c2c(n(-c3ccc4c(c3)oc3cccc(C5=NC(c6ccccc6)Cc6ccccc65)c34)c3ccccc23)CC1. The number of aliphatic imine (C=N–C) groups is 1. The zero-order chi connectivity index (χ0) is 31.6. The van der Waals surface area contributed by atoms with E-state index in [4.69, 9.17) is 9.41 Å². The van der Waals surface area contributed by atoms with E-state index in [-0.39, 0.29) is 6.04 Å². The molecule has 1 aliphatic carbocycles. The highest BCUT2D eigenvalue weighted by Gasteiger charge is 2.27. The van der Waals surface area contributed by atoms with Gasteiger partial charge in [0.05, 0.1) is 17.3 Å². The predicted octanol–water partition coefficient (Wildman–Crippen LogP) is 11.0. The van der Waals surface area contributed by atoms with Gasteiger partial charge in [0.25, 0.3) is 0 Å². The Morgan fingerprint density at radius 2 is 1.42 bits per heavy atom. The molecular formula is C45H32N2O. The molecule has 0 radical (unpaired) electrons. The summed E-state index contributed by atoms with van der Waals surface area (Å²) in [5.74, 6) is 0. The van der Waals surface area contributed by atoms with E-state index in [1.54, 1.807) is 0 Å². The summed E-state index contributed by atoms with van der Waals surface area (Å²) < 4.78 is 9.15. The molecule has 1 aliphatic heterocycles. The number of rotatable bonds is 4. The lowest BCUT2D eigenvalue weighted by Gasteiger charge is -2.24. The van der Waals surface area contributed by atoms with Gasteiger partial charge in [-0.25, -0.2) is 0 Å². The summed E-state index contributed by atoms with van der Waals surface area (Å²) in [5.41, 5.74) is 15.3. The van der Waals surface area contributed by atoms with Crippen LogP contribution in [0.5, 0.6) is 0 Å². The molecule has 0 amide bonds. The number of hydrogen-bond acceptors (Lipinski definition) is 2. The van der Waals surface area contributed by atoms with Gasteiger partial charge < -0.3 is 8.98 Å². The van der Waals surface area contributed by atoms with Gasteiger partial charge in [-0.15, -0.1) is 0 Å². The summed E-state index contributed by atoms with van der Waals surface area (Å²) in [6.07, 6.45) is 5.31. The van der Waals surface area contributed by atoms with E-state index in [1.165, 1.54) is 50.0 Å². The fraction of sp³-hybridized carbons (Fsp3) is 0.0889. The first kappa shape index (κ1) is 27.2. The van der Waals surface area contributed by atoms with E-state index in [2.05, 4.69) is 156 Å². The number of nitrogens with zero attached hydrogens (tertiary/aromatic N) is 2. The normalized spacial score (nSPS) is 15.7. The number of fused-ring (bicyclic) bond motifs is 7. The molecule has 0 N–H and O–H groups in total. The molecule has 2 aliphatic rings. The summed E-state index contributed by atoms with van der Waals surface area (Å²) in [4.78, 5) is 5.44. The standard InChI is InChI=1S/C45H32N2O/c1-3-13-29(14-4-1)33-20-11-23-40-43(33)35-19-9-10-22-39(35)47(40)32-25-26-36-42(28-32)48-41-24-12-21-37(44(36)41)45-34-18-8-7-17-31(34)27-38(46-45)30-15-5-2-6-16-30/h1-10,12-22,24-26,28,38H,11,23,27H2. The molecule has 6 aromatic carbocycles. The predicted molar refractivity (Wildman–Crippen MR) is 197 cm³/mol. The first-order valence-corrected chi connectivity index (χ1v) is 16.9. The Morgan fingerprint density at radius 3 is 2.31 bits per heavy atom. The first-order chi connectivity index (χ1) is 23.8. The van der Waals surface area contributed by atoms with Crippen LogP contribution in [0.1, 0.15) is 51.5 Å². The maximum atomic E-state index is 6.69. The van der Waals surface area contributed by atoms with Crippen LogP contribution < -0.4 is 0 Å². The van der Waals surface area contributed by atoms with Gasteiger partial charge in [-0.3, -0.25) is 4.99 Å². The smallest absolute Gasteiger partial charge is 0.137 e. The Labute approximate surface area is 279 Å². The summed E-state index contributed by atoms with van der Waals surface area (Å²) >= 11 is 0. The van der Waals surface area contributed by atoms with Gasteiger partial charge in [-0.05, 0) is 65.8 Å². The van der Waals surface area contributed by atoms with Gasteiger partial charge in [-0.2, -0.15) is 0 Å². The highest BCUT2D eigenvalue weighted by atomic mass is 16.3. The molecule has 228 valence electrons. The highest BCUT2D eigenvalue weighted by molar-refractivity contribution is 6.24. The highest BCUT2D eigenvalue weighted by Crippen LogP contribution is 2.42. The zero-order valence-electron chi connectivity index (χ0n) is 26.4. The van der Waals surface area contributed by atoms with Crippen molar-refractivity contribution in [2.75, 3.05) is 0 Å². The first-order valence-electron chi connectivity index (χ1n) is 16.9. The Morgan fingerprint density at radius 1 is 0.646 bits per heavy atom. The van der Waals surface area contributed by atoms with Crippen molar-refractivity contribution in [1.29, 1.82) is 0 Å². The topological polar surface area (TPSA) is 30.4 Å². The molecule has 1 atom stereocenters. The summed E-state index contributed by atoms with van der Waals surface area (Å²) in [7, 11) is 0. The van der Waals surface area contributed by atoms with E-state index in [1.807, 2.05) is 0 Å². The van der Waals surface area contributed by atoms with Gasteiger partial charge in [0.2, 0.25) is 0 Å². The number of furan rings is 1. The Balaban J connectivity index is 1.15. The van der Waals surface area contributed by atoms with Crippen LogP contribution in [0.15, 0.2) is 161 Å². The van der Waals surface area contributed by atoms with Crippen LogP contribution in [0.25, 0.3) is 44.1 Å². The Kier molecular flexibility index (Phi) is 6.13. The third-order valence-corrected chi connectivity index (χ3v) is 10.2. The van der Waals surface area contributed by atoms with Gasteiger partial charge >= 0.3 is 0 Å². The summed E-state index contributed by atoms with van der Waals surface area (Å²) in [6, 6.07) is 52.2. The van der Waals surface area contributed by atoms with Gasteiger partial charge in [0, 0.05) is 50.3 Å². The van der Waals surface area contributed by atoms with Crippen LogP contribution in [0.2, 0.25) is 0 Å². The second-order valence-corrected chi connectivity index (χ2v) is 12.9. The average molecular weight is 617 g/mol. The number of benzene rings is 6. The maximum absolute atomic E-state index is 6.69. The number of para-hydroxylation sites is 1. The third-order valence-electron chi connectivity index (χ3n) is 10.2. The van der Waals surface area contributed by atoms with Crippen molar-refractivity contribution >= 4 is 44.1 Å². The molecule has 3 heterocycles. The monoisotopic (exact) mass is 616 g/mol. The van der Waals surface area contributed by atoms with Crippen molar-refractivity contribution in [3.05, 3.63) is 191 Å². The van der Waals surface area contributed by atoms with Crippen LogP contribution in [-0.4, -0.2) is 10.3 Å². The van der Waals surface area contributed by atoms with Crippen LogP contribution in [0.4, 0.5) is 0 Å². The van der Waals surface area contributed by atoms with Crippen molar-refractivity contribution < 1.29 is 4.42 Å². The van der Waals surface area contributed by atoms with Crippen LogP contribution in [0, 0.1) is 0 Å². The molecule has 10 rings (SSSR count). The quantitative estimate of drug-likeness (QED) is 0.193. The fourth-order valence-electron chi connectivity index (χ4n) is 8.10. The largest absolute Gasteiger partial charge is 0.456 e. The van der Waals surface area contributed by atoms with E-state index in [0.717, 1.165) is 58.2 Å². The molecule has 48 heavy (non-hydrogen) atoms. The van der Waals surface area contributed by atoms with E-state index < -0.39 is 0 Å². The number of aromatic nitrogens is 1. The molecule has 0 spiro atoms. The molecule has 0 saturated carbocycles. The van der Waals surface area contributed by atoms with Crippen molar-refractivity contribution in [2.45, 2.75) is 25.3 Å². The molecule has 3 nitrogen and oxygen atoms in total.